The molecule has 0 bridgehead atoms. The summed E-state index contributed by atoms with van der Waals surface area (Å²) >= 11 is 3.13. The molecule has 0 spiro atoms. The molecule has 0 aliphatic rings. The molecule has 15 heavy (non-hydrogen) atoms. The summed E-state index contributed by atoms with van der Waals surface area (Å²) < 4.78 is 5.70. The molecule has 1 aromatic heterocycles. The second-order valence-electron chi connectivity index (χ2n) is 2.66. The lowest BCUT2D eigenvalue weighted by Gasteiger charge is -1.95. The first-order valence-electron chi connectivity index (χ1n) is 4.07. The van der Waals surface area contributed by atoms with Gasteiger partial charge in [-0.05, 0) is 34.1 Å². The van der Waals surface area contributed by atoms with Crippen molar-refractivity contribution < 1.29 is 14.0 Å². The molecule has 0 atom stereocenters. The van der Waals surface area contributed by atoms with Crippen LogP contribution in [0, 0.1) is 0 Å². The van der Waals surface area contributed by atoms with E-state index in [2.05, 4.69) is 21.2 Å². The van der Waals surface area contributed by atoms with E-state index in [1.807, 2.05) is 0 Å². The standard InChI is InChI=1S/C9H9BrN2O3/c10-7-3-1-6(15-7)2-4-9(14)12-5-8(11)13/h1-4H,5H2,(H2,11,13)(H,12,14). The van der Waals surface area contributed by atoms with E-state index in [0.717, 1.165) is 0 Å². The number of amides is 2. The van der Waals surface area contributed by atoms with Crippen molar-refractivity contribution in [2.45, 2.75) is 0 Å². The lowest BCUT2D eigenvalue weighted by molar-refractivity contribution is -0.122. The van der Waals surface area contributed by atoms with Crippen LogP contribution in [0.1, 0.15) is 5.76 Å². The smallest absolute Gasteiger partial charge is 0.244 e. The van der Waals surface area contributed by atoms with Crippen LogP contribution in [0.3, 0.4) is 0 Å². The third-order valence-corrected chi connectivity index (χ3v) is 1.86. The van der Waals surface area contributed by atoms with Crippen LogP contribution in [0.4, 0.5) is 0 Å². The van der Waals surface area contributed by atoms with Crippen LogP contribution in [0.2, 0.25) is 0 Å². The van der Waals surface area contributed by atoms with Crippen LogP contribution in [-0.4, -0.2) is 18.4 Å². The maximum Gasteiger partial charge on any atom is 0.244 e. The van der Waals surface area contributed by atoms with Gasteiger partial charge in [-0.25, -0.2) is 0 Å². The summed E-state index contributed by atoms with van der Waals surface area (Å²) in [6.45, 7) is -0.176. The van der Waals surface area contributed by atoms with Crippen LogP contribution in [-0.2, 0) is 9.59 Å². The average Bonchev–Trinajstić information content (AvgIpc) is 2.58. The van der Waals surface area contributed by atoms with E-state index in [1.54, 1.807) is 12.1 Å². The number of rotatable bonds is 4. The second kappa shape index (κ2) is 5.35. The van der Waals surface area contributed by atoms with Gasteiger partial charge >= 0.3 is 0 Å². The predicted octanol–water partition coefficient (Wildman–Crippen LogP) is 0.657. The molecule has 5 nitrogen and oxygen atoms in total. The normalized spacial score (nSPS) is 10.5. The van der Waals surface area contributed by atoms with Crippen molar-refractivity contribution in [2.24, 2.45) is 5.73 Å². The molecule has 0 aromatic carbocycles. The Morgan fingerprint density at radius 3 is 2.80 bits per heavy atom. The van der Waals surface area contributed by atoms with E-state index in [0.29, 0.717) is 10.4 Å². The highest BCUT2D eigenvalue weighted by Gasteiger charge is 1.99. The molecule has 80 valence electrons. The minimum absolute atomic E-state index is 0.176. The van der Waals surface area contributed by atoms with Crippen LogP contribution in [0.25, 0.3) is 6.08 Å². The van der Waals surface area contributed by atoms with Gasteiger partial charge < -0.3 is 15.5 Å². The Labute approximate surface area is 94.4 Å². The van der Waals surface area contributed by atoms with E-state index in [-0.39, 0.29) is 6.54 Å². The van der Waals surface area contributed by atoms with Gasteiger partial charge in [0.05, 0.1) is 6.54 Å². The largest absolute Gasteiger partial charge is 0.450 e. The fourth-order valence-corrected chi connectivity index (χ4v) is 1.13. The van der Waals surface area contributed by atoms with Gasteiger partial charge in [-0.1, -0.05) is 0 Å². The first-order chi connectivity index (χ1) is 7.08. The van der Waals surface area contributed by atoms with Crippen LogP contribution >= 0.6 is 15.9 Å². The summed E-state index contributed by atoms with van der Waals surface area (Å²) in [5, 5.41) is 2.31. The van der Waals surface area contributed by atoms with Gasteiger partial charge in [0.15, 0.2) is 4.67 Å². The molecule has 1 rings (SSSR count). The van der Waals surface area contributed by atoms with E-state index in [9.17, 15) is 9.59 Å². The van der Waals surface area contributed by atoms with Crippen molar-refractivity contribution in [3.05, 3.63) is 28.6 Å². The monoisotopic (exact) mass is 272 g/mol. The van der Waals surface area contributed by atoms with E-state index in [1.165, 1.54) is 12.2 Å². The molecule has 2 amide bonds. The molecule has 1 aromatic rings. The van der Waals surface area contributed by atoms with Gasteiger partial charge in [-0.2, -0.15) is 0 Å². The zero-order chi connectivity index (χ0) is 11.3. The molecule has 0 aliphatic heterocycles. The van der Waals surface area contributed by atoms with Crippen molar-refractivity contribution in [1.82, 2.24) is 5.32 Å². The highest BCUT2D eigenvalue weighted by Crippen LogP contribution is 2.14. The summed E-state index contributed by atoms with van der Waals surface area (Å²) in [5.74, 6) is -0.449. The Morgan fingerprint density at radius 1 is 1.53 bits per heavy atom. The van der Waals surface area contributed by atoms with E-state index >= 15 is 0 Å². The van der Waals surface area contributed by atoms with E-state index in [4.69, 9.17) is 10.2 Å². The van der Waals surface area contributed by atoms with Crippen LogP contribution in [0.5, 0.6) is 0 Å². The Balaban J connectivity index is 2.44. The first-order valence-corrected chi connectivity index (χ1v) is 4.87. The third kappa shape index (κ3) is 4.46. The Hall–Kier alpha value is -1.56. The molecule has 3 N–H and O–H groups in total. The van der Waals surface area contributed by atoms with Gasteiger partial charge in [-0.15, -0.1) is 0 Å². The molecular formula is C9H9BrN2O3. The summed E-state index contributed by atoms with van der Waals surface area (Å²) in [5.41, 5.74) is 4.85. The lowest BCUT2D eigenvalue weighted by atomic mass is 10.4. The number of hydrogen-bond acceptors (Lipinski definition) is 3. The number of carbonyl (C=O) groups excluding carboxylic acids is 2. The van der Waals surface area contributed by atoms with Gasteiger partial charge in [0.1, 0.15) is 5.76 Å². The van der Waals surface area contributed by atoms with Crippen LogP contribution < -0.4 is 11.1 Å². The Bertz CT molecular complexity index is 398. The van der Waals surface area contributed by atoms with Crippen molar-refractivity contribution in [1.29, 1.82) is 0 Å². The fourth-order valence-electron chi connectivity index (χ4n) is 0.809. The highest BCUT2D eigenvalue weighted by molar-refractivity contribution is 9.10. The topological polar surface area (TPSA) is 85.3 Å². The lowest BCUT2D eigenvalue weighted by Crippen LogP contribution is -2.32. The first kappa shape index (κ1) is 11.5. The highest BCUT2D eigenvalue weighted by atomic mass is 79.9. The predicted molar refractivity (Wildman–Crippen MR) is 57.6 cm³/mol. The average molecular weight is 273 g/mol. The van der Waals surface area contributed by atoms with Gasteiger partial charge in [-0.3, -0.25) is 9.59 Å². The van der Waals surface area contributed by atoms with Gasteiger partial charge in [0.25, 0.3) is 0 Å². The number of nitrogens with one attached hydrogen (secondary N) is 1. The summed E-state index contributed by atoms with van der Waals surface area (Å²) in [6, 6.07) is 3.41. The number of nitrogens with two attached hydrogens (primary N) is 1. The second-order valence-corrected chi connectivity index (χ2v) is 3.44. The van der Waals surface area contributed by atoms with Crippen molar-refractivity contribution >= 4 is 33.8 Å². The number of halogens is 1. The van der Waals surface area contributed by atoms with Crippen molar-refractivity contribution in [3.63, 3.8) is 0 Å². The molecule has 1 heterocycles. The van der Waals surface area contributed by atoms with Gasteiger partial charge in [0, 0.05) is 6.08 Å². The SMILES string of the molecule is NC(=O)CNC(=O)C=Cc1ccc(Br)o1. The molecular weight excluding hydrogens is 264 g/mol. The quantitative estimate of drug-likeness (QED) is 0.790. The minimum Gasteiger partial charge on any atom is -0.450 e. The zero-order valence-corrected chi connectivity index (χ0v) is 9.28. The molecule has 0 radical (unpaired) electrons. The number of furan rings is 1. The third-order valence-electron chi connectivity index (χ3n) is 1.43. The number of primary amides is 1. The molecule has 0 saturated carbocycles. The number of hydrogen-bond donors (Lipinski definition) is 2. The molecule has 6 heteroatoms. The molecule has 0 fully saturated rings. The molecule has 0 unspecified atom stereocenters. The molecule has 0 aliphatic carbocycles. The summed E-state index contributed by atoms with van der Waals surface area (Å²) in [6.07, 6.45) is 2.75. The van der Waals surface area contributed by atoms with E-state index < -0.39 is 11.8 Å². The van der Waals surface area contributed by atoms with Crippen LogP contribution in [0.15, 0.2) is 27.3 Å². The minimum atomic E-state index is -0.586. The molecule has 0 saturated heterocycles. The van der Waals surface area contributed by atoms with Crippen molar-refractivity contribution in [3.8, 4) is 0 Å². The van der Waals surface area contributed by atoms with Crippen molar-refractivity contribution in [2.75, 3.05) is 6.54 Å². The Morgan fingerprint density at radius 2 is 2.27 bits per heavy atom. The number of carbonyl (C=O) groups is 2. The summed E-state index contributed by atoms with van der Waals surface area (Å²) in [7, 11) is 0. The van der Waals surface area contributed by atoms with Gasteiger partial charge in [0.2, 0.25) is 11.8 Å². The fraction of sp³-hybridized carbons (Fsp3) is 0.111. The summed E-state index contributed by atoms with van der Waals surface area (Å²) in [4.78, 5) is 21.4. The zero-order valence-electron chi connectivity index (χ0n) is 7.70. The maximum atomic E-state index is 11.1. The Kier molecular flexibility index (Phi) is 4.11. The maximum absolute atomic E-state index is 11.1.